The number of nitrogens with zero attached hydrogens (tertiary/aromatic N) is 1. The van der Waals surface area contributed by atoms with Gasteiger partial charge in [-0.1, -0.05) is 35.6 Å². The van der Waals surface area contributed by atoms with Gasteiger partial charge in [0.05, 0.1) is 18.9 Å². The Balaban J connectivity index is 1.52. The molecule has 33 heavy (non-hydrogen) atoms. The molecule has 1 aliphatic heterocycles. The second-order valence-electron chi connectivity index (χ2n) is 8.69. The number of hydrogen-bond acceptors (Lipinski definition) is 6. The van der Waals surface area contributed by atoms with Crippen LogP contribution in [0.3, 0.4) is 0 Å². The van der Waals surface area contributed by atoms with Gasteiger partial charge in [0.2, 0.25) is 9.77 Å². The number of rotatable bonds is 5. The number of fused-ring (bicyclic) bond motifs is 1. The average molecular weight is 478 g/mol. The minimum absolute atomic E-state index is 0.158. The molecular formula is C25H23N3O3S2. The highest BCUT2D eigenvalue weighted by Crippen LogP contribution is 2.46. The van der Waals surface area contributed by atoms with E-state index in [0.717, 1.165) is 69.3 Å². The van der Waals surface area contributed by atoms with Gasteiger partial charge in [-0.05, 0) is 48.1 Å². The summed E-state index contributed by atoms with van der Waals surface area (Å²) >= 11 is 0.311. The van der Waals surface area contributed by atoms with Crippen molar-refractivity contribution in [3.8, 4) is 22.4 Å². The molecule has 6 rings (SSSR count). The third-order valence-corrected chi connectivity index (χ3v) is 9.91. The first-order chi connectivity index (χ1) is 16.1. The van der Waals surface area contributed by atoms with Crippen molar-refractivity contribution in [3.63, 3.8) is 0 Å². The number of anilines is 1. The summed E-state index contributed by atoms with van der Waals surface area (Å²) in [5, 5.41) is 1.04. The van der Waals surface area contributed by atoms with Crippen molar-refractivity contribution in [2.45, 2.75) is 34.6 Å². The monoisotopic (exact) mass is 477 g/mol. The molecule has 4 aromatic rings. The van der Waals surface area contributed by atoms with Crippen LogP contribution < -0.4 is 11.3 Å². The van der Waals surface area contributed by atoms with Gasteiger partial charge in [-0.2, -0.15) is 0 Å². The van der Waals surface area contributed by atoms with E-state index in [-0.39, 0.29) is 10.8 Å². The summed E-state index contributed by atoms with van der Waals surface area (Å²) in [5.74, 6) is 0.455. The molecule has 8 heteroatoms. The molecule has 3 N–H and O–H groups in total. The van der Waals surface area contributed by atoms with E-state index >= 15 is 0 Å². The molecule has 168 valence electrons. The molecule has 2 aliphatic rings. The van der Waals surface area contributed by atoms with Gasteiger partial charge in [-0.15, -0.1) is 0 Å². The lowest BCUT2D eigenvalue weighted by Gasteiger charge is -2.27. The standard InChI is InChI=1S/C25H23N3O3S2/c26-23-22-19(15-6-4-14(5-7-15)17-12-31-13-17)10-20(16-8-9-21(29)27-11-16)28-24(22)32-25(23)33(30)18-2-1-3-18/h4-11,17-18H,1-3,12-13,26H2,(H,27,29). The molecular weight excluding hydrogens is 454 g/mol. The normalized spacial score (nSPS) is 17.6. The van der Waals surface area contributed by atoms with E-state index in [1.807, 2.05) is 6.07 Å². The molecule has 1 unspecified atom stereocenters. The topological polar surface area (TPSA) is 104 Å². The fourth-order valence-corrected chi connectivity index (χ4v) is 7.51. The second-order valence-corrected chi connectivity index (χ2v) is 11.6. The van der Waals surface area contributed by atoms with E-state index in [1.54, 1.807) is 12.3 Å². The Kier molecular flexibility index (Phi) is 5.25. The van der Waals surface area contributed by atoms with Crippen molar-refractivity contribution in [2.24, 2.45) is 0 Å². The molecule has 1 saturated heterocycles. The molecule has 2 fully saturated rings. The van der Waals surface area contributed by atoms with Crippen molar-refractivity contribution in [3.05, 3.63) is 64.6 Å². The number of aromatic nitrogens is 2. The lowest BCUT2D eigenvalue weighted by molar-refractivity contribution is 0.00843. The van der Waals surface area contributed by atoms with Gasteiger partial charge in [-0.3, -0.25) is 4.79 Å². The van der Waals surface area contributed by atoms with Gasteiger partial charge in [0, 0.05) is 40.3 Å². The number of nitrogens with one attached hydrogen (secondary N) is 1. The Labute approximate surface area is 198 Å². The van der Waals surface area contributed by atoms with E-state index in [4.69, 9.17) is 15.5 Å². The fraction of sp³-hybridized carbons (Fsp3) is 0.280. The maximum absolute atomic E-state index is 13.2. The van der Waals surface area contributed by atoms with Crippen LogP contribution >= 0.6 is 11.3 Å². The van der Waals surface area contributed by atoms with E-state index in [1.165, 1.54) is 23.0 Å². The average Bonchev–Trinajstić information content (AvgIpc) is 3.08. The van der Waals surface area contributed by atoms with Crippen LogP contribution in [-0.4, -0.2) is 33.0 Å². The van der Waals surface area contributed by atoms with Crippen LogP contribution in [0.15, 0.2) is 57.7 Å². The van der Waals surface area contributed by atoms with Crippen LogP contribution in [0.2, 0.25) is 0 Å². The SMILES string of the molecule is Nc1c([S+]([O-])C2CCC2)sc2nc(-c3ccc(=O)[nH]c3)cc(-c3ccc(C4COC4)cc3)c12. The summed E-state index contributed by atoms with van der Waals surface area (Å²) in [6.45, 7) is 1.53. The molecule has 1 atom stereocenters. The number of nitrogens with two attached hydrogens (primary N) is 1. The maximum atomic E-state index is 13.2. The number of benzene rings is 1. The highest BCUT2D eigenvalue weighted by Gasteiger charge is 2.35. The molecule has 0 amide bonds. The van der Waals surface area contributed by atoms with Gasteiger partial charge < -0.3 is 20.0 Å². The Morgan fingerprint density at radius 3 is 2.48 bits per heavy atom. The van der Waals surface area contributed by atoms with E-state index < -0.39 is 11.2 Å². The largest absolute Gasteiger partial charge is 0.611 e. The van der Waals surface area contributed by atoms with Crippen molar-refractivity contribution >= 4 is 38.4 Å². The molecule has 4 heterocycles. The van der Waals surface area contributed by atoms with Gasteiger partial charge in [0.25, 0.3) is 0 Å². The molecule has 0 spiro atoms. The van der Waals surface area contributed by atoms with Gasteiger partial charge in [0.15, 0.2) is 0 Å². The predicted octanol–water partition coefficient (Wildman–Crippen LogP) is 4.67. The van der Waals surface area contributed by atoms with E-state index in [9.17, 15) is 9.35 Å². The zero-order chi connectivity index (χ0) is 22.5. The minimum Gasteiger partial charge on any atom is -0.611 e. The van der Waals surface area contributed by atoms with Crippen molar-refractivity contribution in [2.75, 3.05) is 18.9 Å². The first-order valence-electron chi connectivity index (χ1n) is 11.1. The summed E-state index contributed by atoms with van der Waals surface area (Å²) < 4.78 is 19.2. The highest BCUT2D eigenvalue weighted by atomic mass is 32.2. The number of aromatic amines is 1. The Bertz CT molecular complexity index is 1370. The van der Waals surface area contributed by atoms with Crippen molar-refractivity contribution < 1.29 is 9.29 Å². The zero-order valence-electron chi connectivity index (χ0n) is 17.9. The summed E-state index contributed by atoms with van der Waals surface area (Å²) in [4.78, 5) is 19.9. The second kappa shape index (κ2) is 8.29. The summed E-state index contributed by atoms with van der Waals surface area (Å²) in [5.41, 5.74) is 11.9. The first kappa shape index (κ1) is 20.9. The summed E-state index contributed by atoms with van der Waals surface area (Å²) in [7, 11) is 0. The molecule has 0 radical (unpaired) electrons. The van der Waals surface area contributed by atoms with E-state index in [2.05, 4.69) is 29.2 Å². The lowest BCUT2D eigenvalue weighted by atomic mass is 9.94. The lowest BCUT2D eigenvalue weighted by Crippen LogP contribution is -2.28. The van der Waals surface area contributed by atoms with Crippen molar-refractivity contribution in [1.29, 1.82) is 0 Å². The number of H-pyrrole nitrogens is 1. The third-order valence-electron chi connectivity index (χ3n) is 6.61. The number of nitrogen functional groups attached to an aromatic ring is 1. The van der Waals surface area contributed by atoms with Gasteiger partial charge in [-0.25, -0.2) is 4.98 Å². The zero-order valence-corrected chi connectivity index (χ0v) is 19.5. The van der Waals surface area contributed by atoms with E-state index in [0.29, 0.717) is 11.6 Å². The molecule has 1 aliphatic carbocycles. The first-order valence-corrected chi connectivity index (χ1v) is 13.1. The quantitative estimate of drug-likeness (QED) is 0.406. The molecule has 1 saturated carbocycles. The van der Waals surface area contributed by atoms with Gasteiger partial charge >= 0.3 is 0 Å². The maximum Gasteiger partial charge on any atom is 0.247 e. The molecule has 3 aromatic heterocycles. The van der Waals surface area contributed by atoms with Crippen LogP contribution in [0.1, 0.15) is 30.7 Å². The minimum atomic E-state index is -1.12. The number of hydrogen-bond donors (Lipinski definition) is 2. The molecule has 1 aromatic carbocycles. The van der Waals surface area contributed by atoms with Crippen LogP contribution in [0.25, 0.3) is 32.6 Å². The third kappa shape index (κ3) is 3.67. The van der Waals surface area contributed by atoms with Crippen LogP contribution in [0.4, 0.5) is 5.69 Å². The van der Waals surface area contributed by atoms with Crippen LogP contribution in [-0.2, 0) is 15.9 Å². The van der Waals surface area contributed by atoms with Crippen LogP contribution in [0, 0.1) is 0 Å². The highest BCUT2D eigenvalue weighted by molar-refractivity contribution is 7.94. The van der Waals surface area contributed by atoms with Crippen molar-refractivity contribution in [1.82, 2.24) is 9.97 Å². The van der Waals surface area contributed by atoms with Crippen LogP contribution in [0.5, 0.6) is 0 Å². The molecule has 0 bridgehead atoms. The van der Waals surface area contributed by atoms with Gasteiger partial charge in [0.1, 0.15) is 15.8 Å². The summed E-state index contributed by atoms with van der Waals surface area (Å²) in [6.07, 6.45) is 4.76. The number of thiophene rings is 1. The number of pyridine rings is 2. The summed E-state index contributed by atoms with van der Waals surface area (Å²) in [6, 6.07) is 13.8. The smallest absolute Gasteiger partial charge is 0.247 e. The Morgan fingerprint density at radius 2 is 1.88 bits per heavy atom. The Morgan fingerprint density at radius 1 is 1.12 bits per heavy atom. The number of ether oxygens (including phenoxy) is 1. The fourth-order valence-electron chi connectivity index (χ4n) is 4.29. The molecule has 6 nitrogen and oxygen atoms in total. The predicted molar refractivity (Wildman–Crippen MR) is 133 cm³/mol. The Hall–Kier alpha value is -2.65.